The van der Waals surface area contributed by atoms with Gasteiger partial charge in [-0.1, -0.05) is 6.92 Å². The van der Waals surface area contributed by atoms with Crippen LogP contribution in [0, 0.1) is 0 Å². The van der Waals surface area contributed by atoms with Crippen LogP contribution in [0.1, 0.15) is 17.4 Å². The van der Waals surface area contributed by atoms with Gasteiger partial charge in [-0.25, -0.2) is 18.2 Å². The van der Waals surface area contributed by atoms with Crippen LogP contribution in [-0.4, -0.2) is 58.6 Å². The van der Waals surface area contributed by atoms with Crippen LogP contribution in [0.5, 0.6) is 0 Å². The minimum atomic E-state index is -3.26. The molecule has 0 aromatic carbocycles. The van der Waals surface area contributed by atoms with Gasteiger partial charge < -0.3 is 10.0 Å². The van der Waals surface area contributed by atoms with E-state index in [1.807, 2.05) is 0 Å². The summed E-state index contributed by atoms with van der Waals surface area (Å²) < 4.78 is 24.3. The van der Waals surface area contributed by atoms with Gasteiger partial charge in [0.25, 0.3) is 0 Å². The summed E-state index contributed by atoms with van der Waals surface area (Å²) in [6.07, 6.45) is 2.55. The molecule has 1 unspecified atom stereocenters. The predicted octanol–water partition coefficient (Wildman–Crippen LogP) is 0.489. The van der Waals surface area contributed by atoms with Gasteiger partial charge in [-0.05, 0) is 0 Å². The Morgan fingerprint density at radius 1 is 1.55 bits per heavy atom. The SMILES string of the molecule is CCS(=O)(=O)C1CSCCN1c1cncc(C(=O)O)n1. The van der Waals surface area contributed by atoms with E-state index in [1.54, 1.807) is 23.6 Å². The van der Waals surface area contributed by atoms with E-state index in [4.69, 9.17) is 5.11 Å². The maximum Gasteiger partial charge on any atom is 0.356 e. The van der Waals surface area contributed by atoms with Crippen molar-refractivity contribution >= 4 is 33.4 Å². The fourth-order valence-corrected chi connectivity index (χ4v) is 4.91. The van der Waals surface area contributed by atoms with E-state index < -0.39 is 21.2 Å². The van der Waals surface area contributed by atoms with E-state index in [2.05, 4.69) is 9.97 Å². The number of thioether (sulfide) groups is 1. The van der Waals surface area contributed by atoms with Crippen molar-refractivity contribution in [2.45, 2.75) is 12.3 Å². The molecule has 1 aromatic rings. The summed E-state index contributed by atoms with van der Waals surface area (Å²) in [6.45, 7) is 2.11. The first-order valence-electron chi connectivity index (χ1n) is 6.07. The number of carbonyl (C=O) groups is 1. The zero-order valence-corrected chi connectivity index (χ0v) is 12.5. The molecule has 0 aliphatic carbocycles. The summed E-state index contributed by atoms with van der Waals surface area (Å²) in [5.41, 5.74) is -0.187. The van der Waals surface area contributed by atoms with E-state index >= 15 is 0 Å². The molecule has 20 heavy (non-hydrogen) atoms. The highest BCUT2D eigenvalue weighted by molar-refractivity contribution is 8.01. The van der Waals surface area contributed by atoms with Gasteiger partial charge in [0.2, 0.25) is 0 Å². The molecule has 9 heteroatoms. The first-order chi connectivity index (χ1) is 9.45. The number of sulfone groups is 1. The standard InChI is InChI=1S/C11H15N3O4S2/c1-2-20(17,18)10-7-19-4-3-14(10)9-6-12-5-8(13-9)11(15)16/h5-6,10H,2-4,7H2,1H3,(H,15,16). The fraction of sp³-hybridized carbons (Fsp3) is 0.545. The highest BCUT2D eigenvalue weighted by Crippen LogP contribution is 2.25. The van der Waals surface area contributed by atoms with Gasteiger partial charge in [0.1, 0.15) is 11.2 Å². The lowest BCUT2D eigenvalue weighted by atomic mass is 10.4. The number of carboxylic acids is 1. The third kappa shape index (κ3) is 3.04. The van der Waals surface area contributed by atoms with Gasteiger partial charge in [-0.3, -0.25) is 4.98 Å². The second-order valence-electron chi connectivity index (χ2n) is 4.24. The van der Waals surface area contributed by atoms with Gasteiger partial charge in [0, 0.05) is 23.8 Å². The average Bonchev–Trinajstić information content (AvgIpc) is 2.47. The minimum absolute atomic E-state index is 0.0424. The Hall–Kier alpha value is -1.35. The molecule has 0 bridgehead atoms. The molecule has 0 radical (unpaired) electrons. The summed E-state index contributed by atoms with van der Waals surface area (Å²) in [7, 11) is -3.26. The van der Waals surface area contributed by atoms with Gasteiger partial charge in [0.05, 0.1) is 12.4 Å². The van der Waals surface area contributed by atoms with Gasteiger partial charge in [-0.2, -0.15) is 11.8 Å². The van der Waals surface area contributed by atoms with Crippen LogP contribution in [0.15, 0.2) is 12.4 Å². The highest BCUT2D eigenvalue weighted by Gasteiger charge is 2.34. The van der Waals surface area contributed by atoms with Crippen molar-refractivity contribution in [1.29, 1.82) is 0 Å². The Morgan fingerprint density at radius 2 is 2.30 bits per heavy atom. The lowest BCUT2D eigenvalue weighted by Crippen LogP contribution is -2.48. The van der Waals surface area contributed by atoms with Crippen LogP contribution in [0.25, 0.3) is 0 Å². The van der Waals surface area contributed by atoms with Crippen molar-refractivity contribution in [3.8, 4) is 0 Å². The third-order valence-corrected chi connectivity index (χ3v) is 6.33. The fourth-order valence-electron chi connectivity index (χ4n) is 1.93. The smallest absolute Gasteiger partial charge is 0.356 e. The molecule has 0 spiro atoms. The van der Waals surface area contributed by atoms with E-state index in [0.717, 1.165) is 11.9 Å². The molecule has 1 N–H and O–H groups in total. The lowest BCUT2D eigenvalue weighted by Gasteiger charge is -2.35. The van der Waals surface area contributed by atoms with Crippen LogP contribution in [0.2, 0.25) is 0 Å². The Balaban J connectivity index is 2.38. The second-order valence-corrected chi connectivity index (χ2v) is 7.84. The van der Waals surface area contributed by atoms with Gasteiger partial charge >= 0.3 is 5.97 Å². The molecule has 1 atom stereocenters. The maximum atomic E-state index is 12.1. The molecular weight excluding hydrogens is 302 g/mol. The molecule has 1 fully saturated rings. The van der Waals surface area contributed by atoms with Crippen molar-refractivity contribution in [2.75, 3.05) is 28.7 Å². The largest absolute Gasteiger partial charge is 0.476 e. The van der Waals surface area contributed by atoms with E-state index in [9.17, 15) is 13.2 Å². The number of aromatic nitrogens is 2. The van der Waals surface area contributed by atoms with Crippen molar-refractivity contribution in [3.63, 3.8) is 0 Å². The van der Waals surface area contributed by atoms with Crippen molar-refractivity contribution in [1.82, 2.24) is 9.97 Å². The number of nitrogens with zero attached hydrogens (tertiary/aromatic N) is 3. The average molecular weight is 317 g/mol. The zero-order chi connectivity index (χ0) is 14.8. The molecule has 1 aliphatic rings. The van der Waals surface area contributed by atoms with Crippen LogP contribution in [0.3, 0.4) is 0 Å². The molecule has 2 heterocycles. The number of rotatable bonds is 4. The summed E-state index contributed by atoms with van der Waals surface area (Å²) in [5, 5.41) is 8.26. The lowest BCUT2D eigenvalue weighted by molar-refractivity contribution is 0.0690. The summed E-state index contributed by atoms with van der Waals surface area (Å²) in [4.78, 5) is 20.4. The number of carboxylic acid groups (broad SMARTS) is 1. The quantitative estimate of drug-likeness (QED) is 0.856. The molecule has 1 aromatic heterocycles. The molecule has 7 nitrogen and oxygen atoms in total. The Labute approximate surface area is 121 Å². The Bertz CT molecular complexity index is 605. The minimum Gasteiger partial charge on any atom is -0.476 e. The normalized spacial score (nSPS) is 19.9. The van der Waals surface area contributed by atoms with E-state index in [1.165, 1.54) is 6.20 Å². The number of anilines is 1. The molecule has 110 valence electrons. The van der Waals surface area contributed by atoms with Crippen LogP contribution < -0.4 is 4.90 Å². The van der Waals surface area contributed by atoms with Gasteiger partial charge in [-0.15, -0.1) is 0 Å². The van der Waals surface area contributed by atoms with E-state index in [-0.39, 0.29) is 11.4 Å². The van der Waals surface area contributed by atoms with Crippen molar-refractivity contribution in [3.05, 3.63) is 18.1 Å². The molecule has 0 saturated carbocycles. The Kier molecular flexibility index (Phi) is 4.48. The van der Waals surface area contributed by atoms with Crippen molar-refractivity contribution < 1.29 is 18.3 Å². The summed E-state index contributed by atoms with van der Waals surface area (Å²) in [6, 6.07) is 0. The predicted molar refractivity (Wildman–Crippen MR) is 76.9 cm³/mol. The first kappa shape index (κ1) is 15.0. The van der Waals surface area contributed by atoms with Crippen LogP contribution in [0.4, 0.5) is 5.82 Å². The molecule has 2 rings (SSSR count). The van der Waals surface area contributed by atoms with Crippen molar-refractivity contribution in [2.24, 2.45) is 0 Å². The number of hydrogen-bond donors (Lipinski definition) is 1. The van der Waals surface area contributed by atoms with Gasteiger partial charge in [0.15, 0.2) is 15.5 Å². The topological polar surface area (TPSA) is 100 Å². The summed E-state index contributed by atoms with van der Waals surface area (Å²) >= 11 is 1.57. The van der Waals surface area contributed by atoms with Crippen LogP contribution in [-0.2, 0) is 9.84 Å². The zero-order valence-electron chi connectivity index (χ0n) is 10.9. The number of aromatic carboxylic acids is 1. The number of hydrogen-bond acceptors (Lipinski definition) is 7. The maximum absolute atomic E-state index is 12.1. The summed E-state index contributed by atoms with van der Waals surface area (Å²) in [5.74, 6) is 0.387. The monoisotopic (exact) mass is 317 g/mol. The molecule has 1 saturated heterocycles. The molecule has 1 aliphatic heterocycles. The van der Waals surface area contributed by atoms with Crippen LogP contribution >= 0.6 is 11.8 Å². The molecule has 0 amide bonds. The highest BCUT2D eigenvalue weighted by atomic mass is 32.2. The van der Waals surface area contributed by atoms with E-state index in [0.29, 0.717) is 18.1 Å². The Morgan fingerprint density at radius 3 is 2.95 bits per heavy atom. The third-order valence-electron chi connectivity index (χ3n) is 3.04. The first-order valence-corrected chi connectivity index (χ1v) is 8.94. The molecular formula is C11H15N3O4S2. The second kappa shape index (κ2) is 5.96.